The van der Waals surface area contributed by atoms with Crippen LogP contribution in [0.2, 0.25) is 0 Å². The number of benzene rings is 2. The normalized spacial score (nSPS) is 13.6. The highest BCUT2D eigenvalue weighted by Crippen LogP contribution is 2.34. The Morgan fingerprint density at radius 1 is 1.00 bits per heavy atom. The molecule has 1 aliphatic heterocycles. The van der Waals surface area contributed by atoms with Gasteiger partial charge in [0, 0.05) is 6.42 Å². The van der Waals surface area contributed by atoms with E-state index < -0.39 is 11.8 Å². The van der Waals surface area contributed by atoms with E-state index in [-0.39, 0.29) is 5.56 Å². The van der Waals surface area contributed by atoms with Gasteiger partial charge in [0.1, 0.15) is 5.82 Å². The third-order valence-electron chi connectivity index (χ3n) is 3.23. The van der Waals surface area contributed by atoms with Crippen molar-refractivity contribution in [1.29, 1.82) is 0 Å². The van der Waals surface area contributed by atoms with Gasteiger partial charge in [-0.25, -0.2) is 9.18 Å². The topological polar surface area (TPSA) is 55.8 Å². The first-order valence-electron chi connectivity index (χ1n) is 6.57. The number of halogens is 1. The highest BCUT2D eigenvalue weighted by molar-refractivity contribution is 5.89. The van der Waals surface area contributed by atoms with Gasteiger partial charge in [0.15, 0.2) is 11.5 Å². The van der Waals surface area contributed by atoms with Gasteiger partial charge in [0.2, 0.25) is 0 Å². The van der Waals surface area contributed by atoms with E-state index in [1.807, 2.05) is 0 Å². The Hall–Kier alpha value is -2.56. The van der Waals surface area contributed by atoms with Crippen molar-refractivity contribution in [1.82, 2.24) is 0 Å². The Bertz CT molecular complexity index is 697. The number of fused-ring (bicyclic) bond motifs is 1. The Morgan fingerprint density at radius 2 is 1.76 bits per heavy atom. The minimum absolute atomic E-state index is 0.0860. The van der Waals surface area contributed by atoms with E-state index in [9.17, 15) is 9.18 Å². The summed E-state index contributed by atoms with van der Waals surface area (Å²) in [6, 6.07) is 8.97. The number of hydrogen-bond acceptors (Lipinski definition) is 3. The molecule has 0 saturated carbocycles. The largest absolute Gasteiger partial charge is 0.490 e. The predicted molar refractivity (Wildman–Crippen MR) is 74.4 cm³/mol. The number of aromatic carboxylic acids is 1. The maximum atomic E-state index is 13.6. The second-order valence-electron chi connectivity index (χ2n) is 4.75. The fourth-order valence-corrected chi connectivity index (χ4v) is 2.22. The van der Waals surface area contributed by atoms with E-state index in [2.05, 4.69) is 0 Å². The van der Waals surface area contributed by atoms with Gasteiger partial charge in [-0.3, -0.25) is 0 Å². The number of rotatable bonds is 2. The first-order chi connectivity index (χ1) is 10.1. The Labute approximate surface area is 120 Å². The highest BCUT2D eigenvalue weighted by Gasteiger charge is 2.13. The van der Waals surface area contributed by atoms with Crippen LogP contribution in [-0.4, -0.2) is 24.3 Å². The zero-order valence-corrected chi connectivity index (χ0v) is 11.1. The summed E-state index contributed by atoms with van der Waals surface area (Å²) >= 11 is 0. The summed E-state index contributed by atoms with van der Waals surface area (Å²) in [4.78, 5) is 11.0. The van der Waals surface area contributed by atoms with E-state index in [1.165, 1.54) is 12.1 Å². The van der Waals surface area contributed by atoms with Gasteiger partial charge in [-0.2, -0.15) is 0 Å². The molecule has 0 unspecified atom stereocenters. The van der Waals surface area contributed by atoms with Crippen LogP contribution in [-0.2, 0) is 0 Å². The molecule has 0 atom stereocenters. The van der Waals surface area contributed by atoms with E-state index in [1.54, 1.807) is 18.2 Å². The van der Waals surface area contributed by atoms with Gasteiger partial charge in [0.25, 0.3) is 0 Å². The molecule has 0 saturated heterocycles. The SMILES string of the molecule is O=C(O)c1cc(F)cc(-c2ccc3c(c2)OCCCO3)c1. The molecule has 3 rings (SSSR count). The molecule has 4 nitrogen and oxygen atoms in total. The third-order valence-corrected chi connectivity index (χ3v) is 3.23. The molecular weight excluding hydrogens is 275 g/mol. The molecule has 2 aromatic rings. The van der Waals surface area contributed by atoms with Gasteiger partial charge < -0.3 is 14.6 Å². The average molecular weight is 288 g/mol. The molecular formula is C16H13FO4. The van der Waals surface area contributed by atoms with Crippen molar-refractivity contribution < 1.29 is 23.8 Å². The van der Waals surface area contributed by atoms with Crippen LogP contribution in [0.1, 0.15) is 16.8 Å². The van der Waals surface area contributed by atoms with Crippen molar-refractivity contribution in [3.05, 3.63) is 47.8 Å². The van der Waals surface area contributed by atoms with Crippen LogP contribution in [0.4, 0.5) is 4.39 Å². The second-order valence-corrected chi connectivity index (χ2v) is 4.75. The van der Waals surface area contributed by atoms with Gasteiger partial charge in [-0.05, 0) is 41.5 Å². The molecule has 0 spiro atoms. The smallest absolute Gasteiger partial charge is 0.335 e. The molecule has 0 aliphatic carbocycles. The summed E-state index contributed by atoms with van der Waals surface area (Å²) in [5.41, 5.74) is 1.08. The molecule has 0 fully saturated rings. The van der Waals surface area contributed by atoms with E-state index in [0.717, 1.165) is 12.5 Å². The fraction of sp³-hybridized carbons (Fsp3) is 0.188. The van der Waals surface area contributed by atoms with Crippen molar-refractivity contribution in [2.45, 2.75) is 6.42 Å². The minimum Gasteiger partial charge on any atom is -0.490 e. The summed E-state index contributed by atoms with van der Waals surface area (Å²) in [6.45, 7) is 1.15. The van der Waals surface area contributed by atoms with Crippen LogP contribution >= 0.6 is 0 Å². The minimum atomic E-state index is -1.16. The van der Waals surface area contributed by atoms with Crippen LogP contribution in [0.5, 0.6) is 11.5 Å². The van der Waals surface area contributed by atoms with Crippen molar-refractivity contribution >= 4 is 5.97 Å². The molecule has 5 heteroatoms. The van der Waals surface area contributed by atoms with E-state index in [0.29, 0.717) is 35.8 Å². The van der Waals surface area contributed by atoms with Gasteiger partial charge in [0.05, 0.1) is 18.8 Å². The van der Waals surface area contributed by atoms with Crippen LogP contribution < -0.4 is 9.47 Å². The standard InChI is InChI=1S/C16H13FO4/c17-13-7-11(6-12(8-13)16(18)19)10-2-3-14-15(9-10)21-5-1-4-20-14/h2-3,6-9H,1,4-5H2,(H,18,19). The van der Waals surface area contributed by atoms with Crippen LogP contribution in [0, 0.1) is 5.82 Å². The number of ether oxygens (including phenoxy) is 2. The second kappa shape index (κ2) is 5.44. The molecule has 1 aliphatic rings. The van der Waals surface area contributed by atoms with Gasteiger partial charge >= 0.3 is 5.97 Å². The molecule has 1 heterocycles. The molecule has 0 amide bonds. The number of carboxylic acid groups (broad SMARTS) is 1. The van der Waals surface area contributed by atoms with Crippen molar-refractivity contribution in [3.8, 4) is 22.6 Å². The lowest BCUT2D eigenvalue weighted by Gasteiger charge is -2.10. The van der Waals surface area contributed by atoms with Crippen LogP contribution in [0.25, 0.3) is 11.1 Å². The van der Waals surface area contributed by atoms with Crippen molar-refractivity contribution in [2.75, 3.05) is 13.2 Å². The monoisotopic (exact) mass is 288 g/mol. The first-order valence-corrected chi connectivity index (χ1v) is 6.57. The molecule has 0 bridgehead atoms. The molecule has 0 aromatic heterocycles. The maximum Gasteiger partial charge on any atom is 0.335 e. The molecule has 1 N–H and O–H groups in total. The molecule has 108 valence electrons. The van der Waals surface area contributed by atoms with Crippen molar-refractivity contribution in [3.63, 3.8) is 0 Å². The van der Waals surface area contributed by atoms with Crippen LogP contribution in [0.15, 0.2) is 36.4 Å². The van der Waals surface area contributed by atoms with Crippen molar-refractivity contribution in [2.24, 2.45) is 0 Å². The summed E-state index contributed by atoms with van der Waals surface area (Å²) in [5.74, 6) is -0.514. The summed E-state index contributed by atoms with van der Waals surface area (Å²) in [6.07, 6.45) is 0.799. The zero-order valence-electron chi connectivity index (χ0n) is 11.1. The quantitative estimate of drug-likeness (QED) is 0.920. The van der Waals surface area contributed by atoms with Crippen LogP contribution in [0.3, 0.4) is 0 Å². The van der Waals surface area contributed by atoms with Gasteiger partial charge in [-0.1, -0.05) is 6.07 Å². The predicted octanol–water partition coefficient (Wildman–Crippen LogP) is 3.35. The molecule has 2 aromatic carbocycles. The Morgan fingerprint density at radius 3 is 2.52 bits per heavy atom. The Balaban J connectivity index is 2.04. The zero-order chi connectivity index (χ0) is 14.8. The van der Waals surface area contributed by atoms with Gasteiger partial charge in [-0.15, -0.1) is 0 Å². The fourth-order valence-electron chi connectivity index (χ4n) is 2.22. The van der Waals surface area contributed by atoms with E-state index >= 15 is 0 Å². The Kier molecular flexibility index (Phi) is 3.48. The highest BCUT2D eigenvalue weighted by atomic mass is 19.1. The molecule has 0 radical (unpaired) electrons. The lowest BCUT2D eigenvalue weighted by molar-refractivity contribution is 0.0696. The summed E-state index contributed by atoms with van der Waals surface area (Å²) < 4.78 is 24.7. The summed E-state index contributed by atoms with van der Waals surface area (Å²) in [5, 5.41) is 9.00. The lowest BCUT2D eigenvalue weighted by atomic mass is 10.0. The summed E-state index contributed by atoms with van der Waals surface area (Å²) in [7, 11) is 0. The first kappa shape index (κ1) is 13.4. The molecule has 21 heavy (non-hydrogen) atoms. The lowest BCUT2D eigenvalue weighted by Crippen LogP contribution is -1.98. The number of carbonyl (C=O) groups is 1. The third kappa shape index (κ3) is 2.81. The average Bonchev–Trinajstić information content (AvgIpc) is 2.70. The number of carboxylic acids is 1. The number of hydrogen-bond donors (Lipinski definition) is 1. The van der Waals surface area contributed by atoms with E-state index in [4.69, 9.17) is 14.6 Å². The maximum absolute atomic E-state index is 13.6.